The van der Waals surface area contributed by atoms with Gasteiger partial charge in [0, 0.05) is 0 Å². The molecule has 19 heavy (non-hydrogen) atoms. The second kappa shape index (κ2) is 7.06. The molecule has 2 atom stereocenters. The minimum absolute atomic E-state index is 0.114. The topological polar surface area (TPSA) is 93.1 Å². The van der Waals surface area contributed by atoms with Crippen LogP contribution in [0.25, 0.3) is 0 Å². The monoisotopic (exact) mass is 295 g/mol. The van der Waals surface area contributed by atoms with Crippen LogP contribution in [0.1, 0.15) is 26.2 Å². The van der Waals surface area contributed by atoms with Gasteiger partial charge in [0.2, 0.25) is 0 Å². The third kappa shape index (κ3) is 5.33. The molecule has 112 valence electrons. The maximum absolute atomic E-state index is 11.8. The normalized spacial score (nSPS) is 23.6. The van der Waals surface area contributed by atoms with E-state index in [1.807, 2.05) is 6.92 Å². The Morgan fingerprint density at radius 2 is 2.16 bits per heavy atom. The van der Waals surface area contributed by atoms with Crippen molar-refractivity contribution in [3.05, 3.63) is 0 Å². The zero-order valence-electron chi connectivity index (χ0n) is 11.2. The lowest BCUT2D eigenvalue weighted by Gasteiger charge is -2.21. The van der Waals surface area contributed by atoms with E-state index < -0.39 is 28.4 Å². The molecule has 0 aromatic rings. The number of aliphatic hydroxyl groups is 1. The van der Waals surface area contributed by atoms with Gasteiger partial charge in [-0.25, -0.2) is 4.79 Å². The van der Waals surface area contributed by atoms with E-state index in [0.717, 1.165) is 19.1 Å². The summed E-state index contributed by atoms with van der Waals surface area (Å²) in [6.45, 7) is 2.17. The van der Waals surface area contributed by atoms with Crippen LogP contribution in [0.3, 0.4) is 0 Å². The minimum atomic E-state index is -3.57. The van der Waals surface area contributed by atoms with Crippen molar-refractivity contribution in [2.24, 2.45) is 0 Å². The van der Waals surface area contributed by atoms with Gasteiger partial charge >= 0.3 is 6.09 Å². The molecular formula is C11H21NO6S. The average Bonchev–Trinajstić information content (AvgIpc) is 2.69. The highest BCUT2D eigenvalue weighted by Crippen LogP contribution is 2.22. The number of unbranched alkanes of at least 4 members (excludes halogenated alkanes) is 1. The molecule has 1 aliphatic heterocycles. The standard InChI is InChI=1S/C11H21NO6S/c1-3-4-5-17-11(14)12-7-10(6-9(12)8-13)18-19(2,15)16/h9-10,13H,3-8H2,1-2H3. The Hall–Kier alpha value is -0.860. The molecule has 1 saturated heterocycles. The number of hydrogen-bond donors (Lipinski definition) is 1. The fourth-order valence-electron chi connectivity index (χ4n) is 1.97. The van der Waals surface area contributed by atoms with Crippen LogP contribution in [0.15, 0.2) is 0 Å². The van der Waals surface area contributed by atoms with Crippen LogP contribution in [0, 0.1) is 0 Å². The Balaban J connectivity index is 2.55. The number of nitrogens with zero attached hydrogens (tertiary/aromatic N) is 1. The number of ether oxygens (including phenoxy) is 1. The molecule has 1 heterocycles. The molecule has 0 bridgehead atoms. The van der Waals surface area contributed by atoms with Gasteiger partial charge in [-0.1, -0.05) is 13.3 Å². The smallest absolute Gasteiger partial charge is 0.410 e. The average molecular weight is 295 g/mol. The van der Waals surface area contributed by atoms with Crippen molar-refractivity contribution in [1.82, 2.24) is 4.90 Å². The Bertz CT molecular complexity index is 396. The van der Waals surface area contributed by atoms with E-state index in [4.69, 9.17) is 8.92 Å². The van der Waals surface area contributed by atoms with E-state index in [9.17, 15) is 18.3 Å². The highest BCUT2D eigenvalue weighted by Gasteiger charge is 2.37. The molecule has 1 amide bonds. The van der Waals surface area contributed by atoms with Crippen LogP contribution in [0.4, 0.5) is 4.79 Å². The van der Waals surface area contributed by atoms with Gasteiger partial charge < -0.3 is 14.7 Å². The highest BCUT2D eigenvalue weighted by atomic mass is 32.2. The fraction of sp³-hybridized carbons (Fsp3) is 0.909. The summed E-state index contributed by atoms with van der Waals surface area (Å²) in [4.78, 5) is 13.1. The maximum atomic E-state index is 11.8. The lowest BCUT2D eigenvalue weighted by atomic mass is 10.2. The van der Waals surface area contributed by atoms with Crippen LogP contribution < -0.4 is 0 Å². The lowest BCUT2D eigenvalue weighted by molar-refractivity contribution is 0.0821. The number of likely N-dealkylation sites (tertiary alicyclic amines) is 1. The molecule has 0 radical (unpaired) electrons. The molecule has 0 saturated carbocycles. The molecule has 1 aliphatic rings. The van der Waals surface area contributed by atoms with Crippen LogP contribution >= 0.6 is 0 Å². The Morgan fingerprint density at radius 3 is 2.68 bits per heavy atom. The highest BCUT2D eigenvalue weighted by molar-refractivity contribution is 7.86. The molecular weight excluding hydrogens is 274 g/mol. The van der Waals surface area contributed by atoms with Crippen molar-refractivity contribution in [3.8, 4) is 0 Å². The van der Waals surface area contributed by atoms with Gasteiger partial charge in [0.05, 0.1) is 38.2 Å². The first-order valence-electron chi connectivity index (χ1n) is 6.30. The zero-order chi connectivity index (χ0) is 14.5. The molecule has 8 heteroatoms. The summed E-state index contributed by atoms with van der Waals surface area (Å²) in [5.41, 5.74) is 0. The summed E-state index contributed by atoms with van der Waals surface area (Å²) in [6.07, 6.45) is 1.77. The van der Waals surface area contributed by atoms with Gasteiger partial charge in [-0.2, -0.15) is 8.42 Å². The Labute approximate surface area is 113 Å². The molecule has 0 aliphatic carbocycles. The van der Waals surface area contributed by atoms with E-state index in [2.05, 4.69) is 0 Å². The summed E-state index contributed by atoms with van der Waals surface area (Å²) in [7, 11) is -3.57. The molecule has 0 aromatic carbocycles. The molecule has 0 spiro atoms. The zero-order valence-corrected chi connectivity index (χ0v) is 12.1. The Morgan fingerprint density at radius 1 is 1.47 bits per heavy atom. The van der Waals surface area contributed by atoms with E-state index in [-0.39, 0.29) is 19.6 Å². The maximum Gasteiger partial charge on any atom is 0.410 e. The number of amides is 1. The van der Waals surface area contributed by atoms with Gasteiger partial charge in [-0.05, 0) is 12.8 Å². The van der Waals surface area contributed by atoms with Crippen LogP contribution in [-0.2, 0) is 19.0 Å². The van der Waals surface area contributed by atoms with Gasteiger partial charge in [0.15, 0.2) is 0 Å². The van der Waals surface area contributed by atoms with Crippen molar-refractivity contribution in [2.45, 2.75) is 38.3 Å². The number of carbonyl (C=O) groups excluding carboxylic acids is 1. The number of carbonyl (C=O) groups is 1. The summed E-state index contributed by atoms with van der Waals surface area (Å²) >= 11 is 0. The van der Waals surface area contributed by atoms with Gasteiger partial charge in [-0.15, -0.1) is 0 Å². The third-order valence-electron chi connectivity index (χ3n) is 2.86. The predicted molar refractivity (Wildman–Crippen MR) is 68.2 cm³/mol. The number of aliphatic hydroxyl groups excluding tert-OH is 1. The first-order chi connectivity index (χ1) is 8.87. The van der Waals surface area contributed by atoms with E-state index in [0.29, 0.717) is 6.61 Å². The van der Waals surface area contributed by atoms with E-state index in [1.165, 1.54) is 4.90 Å². The first-order valence-corrected chi connectivity index (χ1v) is 8.11. The van der Waals surface area contributed by atoms with Crippen molar-refractivity contribution in [2.75, 3.05) is 26.0 Å². The summed E-state index contributed by atoms with van der Waals surface area (Å²) in [5.74, 6) is 0. The van der Waals surface area contributed by atoms with Crippen LogP contribution in [0.2, 0.25) is 0 Å². The van der Waals surface area contributed by atoms with Crippen LogP contribution in [0.5, 0.6) is 0 Å². The predicted octanol–water partition coefficient (Wildman–Crippen LogP) is 0.334. The molecule has 1 N–H and O–H groups in total. The van der Waals surface area contributed by atoms with Crippen molar-refractivity contribution >= 4 is 16.2 Å². The molecule has 1 rings (SSSR count). The Kier molecular flexibility index (Phi) is 6.02. The number of rotatable bonds is 6. The van der Waals surface area contributed by atoms with E-state index in [1.54, 1.807) is 0 Å². The minimum Gasteiger partial charge on any atom is -0.449 e. The van der Waals surface area contributed by atoms with Gasteiger partial charge in [0.25, 0.3) is 10.1 Å². The molecule has 0 aromatic heterocycles. The second-order valence-electron chi connectivity index (χ2n) is 4.61. The van der Waals surface area contributed by atoms with Crippen molar-refractivity contribution in [1.29, 1.82) is 0 Å². The second-order valence-corrected chi connectivity index (χ2v) is 6.22. The van der Waals surface area contributed by atoms with Crippen LogP contribution in [-0.4, -0.2) is 62.7 Å². The lowest BCUT2D eigenvalue weighted by Crippen LogP contribution is -2.38. The molecule has 2 unspecified atom stereocenters. The third-order valence-corrected chi connectivity index (χ3v) is 3.48. The van der Waals surface area contributed by atoms with E-state index >= 15 is 0 Å². The largest absolute Gasteiger partial charge is 0.449 e. The summed E-state index contributed by atoms with van der Waals surface area (Å²) in [6, 6.07) is -0.458. The fourth-order valence-corrected chi connectivity index (χ4v) is 2.61. The summed E-state index contributed by atoms with van der Waals surface area (Å²) < 4.78 is 32.0. The quantitative estimate of drug-likeness (QED) is 0.561. The van der Waals surface area contributed by atoms with Crippen molar-refractivity contribution < 1.29 is 27.2 Å². The molecule has 7 nitrogen and oxygen atoms in total. The molecule has 1 fully saturated rings. The summed E-state index contributed by atoms with van der Waals surface area (Å²) in [5, 5.41) is 9.22. The van der Waals surface area contributed by atoms with Gasteiger partial charge in [-0.3, -0.25) is 4.18 Å². The number of hydrogen-bond acceptors (Lipinski definition) is 6. The SMILES string of the molecule is CCCCOC(=O)N1CC(OS(C)(=O)=O)CC1CO. The van der Waals surface area contributed by atoms with Gasteiger partial charge in [0.1, 0.15) is 0 Å². The van der Waals surface area contributed by atoms with Crippen molar-refractivity contribution in [3.63, 3.8) is 0 Å². The first kappa shape index (κ1) is 16.2.